The van der Waals surface area contributed by atoms with Gasteiger partial charge in [0.25, 0.3) is 0 Å². The lowest BCUT2D eigenvalue weighted by Crippen LogP contribution is -2.17. The van der Waals surface area contributed by atoms with Crippen molar-refractivity contribution >= 4 is 23.2 Å². The van der Waals surface area contributed by atoms with Gasteiger partial charge in [0, 0.05) is 6.07 Å². The monoisotopic (exact) mass is 285 g/mol. The Labute approximate surface area is 119 Å². The van der Waals surface area contributed by atoms with Gasteiger partial charge in [-0.2, -0.15) is 0 Å². The van der Waals surface area contributed by atoms with E-state index in [1.54, 1.807) is 25.3 Å². The molecule has 0 radical (unpaired) electrons. The van der Waals surface area contributed by atoms with Gasteiger partial charge >= 0.3 is 5.76 Å². The van der Waals surface area contributed by atoms with Gasteiger partial charge in [0.15, 0.2) is 0 Å². The van der Waals surface area contributed by atoms with Gasteiger partial charge in [-0.3, -0.25) is 0 Å². The van der Waals surface area contributed by atoms with Crippen LogP contribution in [-0.4, -0.2) is 11.7 Å². The van der Waals surface area contributed by atoms with E-state index < -0.39 is 5.76 Å². The summed E-state index contributed by atoms with van der Waals surface area (Å²) in [5.74, 6) is 0.106. The quantitative estimate of drug-likeness (QED) is 0.677. The Morgan fingerprint density at radius 2 is 1.90 bits per heavy atom. The van der Waals surface area contributed by atoms with Crippen LogP contribution in [0.15, 0.2) is 57.7 Å². The maximum atomic E-state index is 12.1. The highest BCUT2D eigenvalue weighted by Crippen LogP contribution is 2.21. The van der Waals surface area contributed by atoms with Gasteiger partial charge in [0.2, 0.25) is 0 Å². The van der Waals surface area contributed by atoms with Crippen molar-refractivity contribution in [1.82, 2.24) is 4.57 Å². The number of benzene rings is 2. The maximum absolute atomic E-state index is 12.1. The molecule has 2 aromatic carbocycles. The number of ether oxygens (including phenoxy) is 1. The van der Waals surface area contributed by atoms with Crippen LogP contribution in [0.5, 0.6) is 5.75 Å². The van der Waals surface area contributed by atoms with E-state index in [0.29, 0.717) is 27.0 Å². The molecule has 0 aliphatic rings. The first kappa shape index (κ1) is 12.6. The van der Waals surface area contributed by atoms with Crippen LogP contribution in [0.4, 0.5) is 0 Å². The van der Waals surface area contributed by atoms with Crippen LogP contribution in [-0.2, 0) is 0 Å². The Morgan fingerprint density at radius 1 is 1.15 bits per heavy atom. The van der Waals surface area contributed by atoms with Crippen LogP contribution in [0.2, 0.25) is 0 Å². The SMILES string of the molecule is COc1ccc2c(=S)n(-c3ccccc3)c(=O)oc2c1. The molecule has 0 atom stereocenters. The van der Waals surface area contributed by atoms with Crippen LogP contribution in [0, 0.1) is 4.64 Å². The van der Waals surface area contributed by atoms with E-state index >= 15 is 0 Å². The van der Waals surface area contributed by atoms with Gasteiger partial charge in [-0.15, -0.1) is 0 Å². The third kappa shape index (κ3) is 2.02. The average molecular weight is 285 g/mol. The zero-order valence-corrected chi connectivity index (χ0v) is 11.5. The van der Waals surface area contributed by atoms with Crippen molar-refractivity contribution in [2.24, 2.45) is 0 Å². The lowest BCUT2D eigenvalue weighted by Gasteiger charge is -2.07. The van der Waals surface area contributed by atoms with E-state index in [1.165, 1.54) is 4.57 Å². The average Bonchev–Trinajstić information content (AvgIpc) is 2.47. The second-order valence-electron chi connectivity index (χ2n) is 4.21. The van der Waals surface area contributed by atoms with Crippen molar-refractivity contribution in [3.05, 3.63) is 63.7 Å². The topological polar surface area (TPSA) is 44.4 Å². The molecule has 0 saturated heterocycles. The van der Waals surface area contributed by atoms with E-state index in [2.05, 4.69) is 0 Å². The van der Waals surface area contributed by atoms with Crippen molar-refractivity contribution in [2.75, 3.05) is 7.11 Å². The van der Waals surface area contributed by atoms with E-state index in [1.807, 2.05) is 30.3 Å². The maximum Gasteiger partial charge on any atom is 0.425 e. The molecule has 3 aromatic rings. The first-order valence-corrected chi connectivity index (χ1v) is 6.41. The standard InChI is InChI=1S/C15H11NO3S/c1-18-11-7-8-12-13(9-11)19-15(17)16(14(12)20)10-5-3-2-4-6-10/h2-9H,1H3. The third-order valence-corrected chi connectivity index (χ3v) is 3.42. The minimum Gasteiger partial charge on any atom is -0.497 e. The minimum absolute atomic E-state index is 0.421. The summed E-state index contributed by atoms with van der Waals surface area (Å²) in [5.41, 5.74) is 1.11. The number of fused-ring (bicyclic) bond motifs is 1. The smallest absolute Gasteiger partial charge is 0.425 e. The number of nitrogens with zero attached hydrogens (tertiary/aromatic N) is 1. The Hall–Kier alpha value is -2.40. The number of hydrogen-bond donors (Lipinski definition) is 0. The summed E-state index contributed by atoms with van der Waals surface area (Å²) in [7, 11) is 1.56. The van der Waals surface area contributed by atoms with Crippen molar-refractivity contribution < 1.29 is 9.15 Å². The molecule has 5 heteroatoms. The number of methoxy groups -OCH3 is 1. The first-order valence-electron chi connectivity index (χ1n) is 6.00. The molecule has 20 heavy (non-hydrogen) atoms. The summed E-state index contributed by atoms with van der Waals surface area (Å²) in [6.07, 6.45) is 0. The molecule has 0 fully saturated rings. The fourth-order valence-corrected chi connectivity index (χ4v) is 2.38. The van der Waals surface area contributed by atoms with Crippen molar-refractivity contribution in [3.63, 3.8) is 0 Å². The second kappa shape index (κ2) is 4.94. The summed E-state index contributed by atoms with van der Waals surface area (Å²) < 4.78 is 12.2. The van der Waals surface area contributed by atoms with Gasteiger partial charge in [0.1, 0.15) is 16.0 Å². The number of rotatable bonds is 2. The molecule has 0 spiro atoms. The Morgan fingerprint density at radius 3 is 2.60 bits per heavy atom. The highest BCUT2D eigenvalue weighted by atomic mass is 32.1. The summed E-state index contributed by atoms with van der Waals surface area (Å²) in [5, 5.41) is 0.698. The highest BCUT2D eigenvalue weighted by Gasteiger charge is 2.09. The van der Waals surface area contributed by atoms with Crippen LogP contribution in [0.25, 0.3) is 16.7 Å². The molecule has 0 unspecified atom stereocenters. The van der Waals surface area contributed by atoms with E-state index in [4.69, 9.17) is 21.4 Å². The fraction of sp³-hybridized carbons (Fsp3) is 0.0667. The normalized spacial score (nSPS) is 10.7. The lowest BCUT2D eigenvalue weighted by atomic mass is 10.2. The van der Waals surface area contributed by atoms with Crippen LogP contribution >= 0.6 is 12.2 Å². The van der Waals surface area contributed by atoms with Crippen molar-refractivity contribution in [2.45, 2.75) is 0 Å². The van der Waals surface area contributed by atoms with Crippen molar-refractivity contribution in [3.8, 4) is 11.4 Å². The molecule has 0 aliphatic heterocycles. The third-order valence-electron chi connectivity index (χ3n) is 3.02. The van der Waals surface area contributed by atoms with Gasteiger partial charge in [0.05, 0.1) is 18.2 Å². The molecule has 1 aromatic heterocycles. The molecular formula is C15H11NO3S. The molecule has 0 aliphatic carbocycles. The van der Waals surface area contributed by atoms with Crippen LogP contribution in [0.1, 0.15) is 0 Å². The Balaban J connectivity index is 2.36. The Bertz CT molecular complexity index is 881. The Kier molecular flexibility index (Phi) is 3.12. The summed E-state index contributed by atoms with van der Waals surface area (Å²) >= 11 is 5.40. The molecule has 100 valence electrons. The van der Waals surface area contributed by atoms with Crippen LogP contribution in [0.3, 0.4) is 0 Å². The van der Waals surface area contributed by atoms with Crippen LogP contribution < -0.4 is 10.5 Å². The lowest BCUT2D eigenvalue weighted by molar-refractivity contribution is 0.413. The molecule has 0 bridgehead atoms. The predicted molar refractivity (Wildman–Crippen MR) is 79.2 cm³/mol. The summed E-state index contributed by atoms with van der Waals surface area (Å²) in [4.78, 5) is 12.1. The zero-order chi connectivity index (χ0) is 14.1. The van der Waals surface area contributed by atoms with E-state index in [9.17, 15) is 4.79 Å². The number of aromatic nitrogens is 1. The van der Waals surface area contributed by atoms with E-state index in [0.717, 1.165) is 0 Å². The largest absolute Gasteiger partial charge is 0.497 e. The fourth-order valence-electron chi connectivity index (χ4n) is 2.03. The minimum atomic E-state index is -0.512. The highest BCUT2D eigenvalue weighted by molar-refractivity contribution is 7.71. The van der Waals surface area contributed by atoms with Gasteiger partial charge in [-0.05, 0) is 24.3 Å². The molecule has 0 saturated carbocycles. The van der Waals surface area contributed by atoms with Gasteiger partial charge < -0.3 is 9.15 Å². The molecule has 0 N–H and O–H groups in total. The number of para-hydroxylation sites is 1. The summed E-state index contributed by atoms with van der Waals surface area (Å²) in [6.45, 7) is 0. The molecule has 3 rings (SSSR count). The zero-order valence-electron chi connectivity index (χ0n) is 10.7. The van der Waals surface area contributed by atoms with Gasteiger partial charge in [-0.25, -0.2) is 9.36 Å². The molecule has 0 amide bonds. The molecule has 1 heterocycles. The molecular weight excluding hydrogens is 274 g/mol. The predicted octanol–water partition coefficient (Wildman–Crippen LogP) is 3.32. The van der Waals surface area contributed by atoms with Gasteiger partial charge in [-0.1, -0.05) is 30.4 Å². The first-order chi connectivity index (χ1) is 9.70. The number of hydrogen-bond acceptors (Lipinski definition) is 4. The summed E-state index contributed by atoms with van der Waals surface area (Å²) in [6, 6.07) is 14.4. The van der Waals surface area contributed by atoms with Crippen molar-refractivity contribution in [1.29, 1.82) is 0 Å². The second-order valence-corrected chi connectivity index (χ2v) is 4.59. The molecule has 4 nitrogen and oxygen atoms in total. The van der Waals surface area contributed by atoms with E-state index in [-0.39, 0.29) is 0 Å².